The molecule has 2 rings (SSSR count). The molecule has 0 radical (unpaired) electrons. The SMILES string of the molecule is CC1(C)CN(CC(F)(F)F)C(Cc2ccccc2)CN1. The van der Waals surface area contributed by atoms with Crippen LogP contribution in [0, 0.1) is 0 Å². The van der Waals surface area contributed by atoms with E-state index >= 15 is 0 Å². The van der Waals surface area contributed by atoms with Crippen LogP contribution in [0.15, 0.2) is 30.3 Å². The molecule has 0 bridgehead atoms. The molecule has 1 saturated heterocycles. The molecule has 0 aliphatic carbocycles. The lowest BCUT2D eigenvalue weighted by molar-refractivity contribution is -0.155. The van der Waals surface area contributed by atoms with Crippen molar-refractivity contribution in [3.63, 3.8) is 0 Å². The zero-order valence-electron chi connectivity index (χ0n) is 11.9. The molecule has 1 heterocycles. The molecular weight excluding hydrogens is 265 g/mol. The predicted molar refractivity (Wildman–Crippen MR) is 73.6 cm³/mol. The standard InChI is InChI=1S/C15H21F3N2/c1-14(2)10-20(11-15(16,17)18)13(9-19-14)8-12-6-4-3-5-7-12/h3-7,13,19H,8-11H2,1-2H3. The fourth-order valence-electron chi connectivity index (χ4n) is 2.72. The number of hydrogen-bond acceptors (Lipinski definition) is 2. The molecule has 20 heavy (non-hydrogen) atoms. The highest BCUT2D eigenvalue weighted by Crippen LogP contribution is 2.24. The van der Waals surface area contributed by atoms with Gasteiger partial charge in [0.2, 0.25) is 0 Å². The Morgan fingerprint density at radius 3 is 2.50 bits per heavy atom. The average Bonchev–Trinajstić information content (AvgIpc) is 2.31. The topological polar surface area (TPSA) is 15.3 Å². The Kier molecular flexibility index (Phi) is 4.39. The lowest BCUT2D eigenvalue weighted by atomic mass is 9.95. The van der Waals surface area contributed by atoms with Crippen LogP contribution in [0.5, 0.6) is 0 Å². The van der Waals surface area contributed by atoms with Crippen molar-refractivity contribution in [2.75, 3.05) is 19.6 Å². The van der Waals surface area contributed by atoms with E-state index in [-0.39, 0.29) is 11.6 Å². The maximum atomic E-state index is 12.7. The molecule has 1 aliphatic rings. The molecule has 0 amide bonds. The van der Waals surface area contributed by atoms with E-state index in [1.165, 1.54) is 0 Å². The van der Waals surface area contributed by atoms with Crippen LogP contribution in [0.4, 0.5) is 13.2 Å². The zero-order chi connectivity index (χ0) is 14.8. The number of benzene rings is 1. The summed E-state index contributed by atoms with van der Waals surface area (Å²) in [6, 6.07) is 9.57. The molecule has 0 spiro atoms. The zero-order valence-corrected chi connectivity index (χ0v) is 11.9. The van der Waals surface area contributed by atoms with Crippen LogP contribution in [-0.4, -0.2) is 42.3 Å². The second kappa shape index (κ2) is 5.74. The van der Waals surface area contributed by atoms with Crippen LogP contribution in [0.2, 0.25) is 0 Å². The van der Waals surface area contributed by atoms with Gasteiger partial charge in [-0.3, -0.25) is 4.90 Å². The average molecular weight is 286 g/mol. The first-order valence-electron chi connectivity index (χ1n) is 6.85. The molecule has 1 N–H and O–H groups in total. The molecule has 1 atom stereocenters. The minimum Gasteiger partial charge on any atom is -0.309 e. The highest BCUT2D eigenvalue weighted by atomic mass is 19.4. The smallest absolute Gasteiger partial charge is 0.309 e. The Morgan fingerprint density at radius 2 is 1.90 bits per heavy atom. The van der Waals surface area contributed by atoms with Crippen molar-refractivity contribution in [2.45, 2.75) is 38.0 Å². The minimum absolute atomic E-state index is 0.118. The number of piperazine rings is 1. The third kappa shape index (κ3) is 4.49. The summed E-state index contributed by atoms with van der Waals surface area (Å²) in [7, 11) is 0. The van der Waals surface area contributed by atoms with E-state index in [1.807, 2.05) is 44.2 Å². The summed E-state index contributed by atoms with van der Waals surface area (Å²) in [4.78, 5) is 1.56. The molecule has 1 aromatic rings. The third-order valence-corrected chi connectivity index (χ3v) is 3.63. The Bertz CT molecular complexity index is 426. The van der Waals surface area contributed by atoms with Crippen molar-refractivity contribution in [1.29, 1.82) is 0 Å². The fraction of sp³-hybridized carbons (Fsp3) is 0.600. The lowest BCUT2D eigenvalue weighted by Crippen LogP contribution is -2.63. The highest BCUT2D eigenvalue weighted by Gasteiger charge is 2.39. The molecule has 2 nitrogen and oxygen atoms in total. The van der Waals surface area contributed by atoms with Crippen LogP contribution in [0.25, 0.3) is 0 Å². The predicted octanol–water partition coefficient (Wildman–Crippen LogP) is 2.84. The van der Waals surface area contributed by atoms with Crippen molar-refractivity contribution in [2.24, 2.45) is 0 Å². The Labute approximate surface area is 118 Å². The van der Waals surface area contributed by atoms with Crippen LogP contribution < -0.4 is 5.32 Å². The van der Waals surface area contributed by atoms with E-state index in [0.717, 1.165) is 5.56 Å². The fourth-order valence-corrected chi connectivity index (χ4v) is 2.72. The van der Waals surface area contributed by atoms with Crippen molar-refractivity contribution < 1.29 is 13.2 Å². The minimum atomic E-state index is -4.15. The molecule has 1 aromatic carbocycles. The van der Waals surface area contributed by atoms with E-state index in [0.29, 0.717) is 19.5 Å². The lowest BCUT2D eigenvalue weighted by Gasteiger charge is -2.45. The first-order valence-corrected chi connectivity index (χ1v) is 6.85. The number of halogens is 3. The van der Waals surface area contributed by atoms with Gasteiger partial charge in [-0.2, -0.15) is 13.2 Å². The first-order chi connectivity index (χ1) is 9.25. The molecule has 1 aliphatic heterocycles. The number of nitrogens with zero attached hydrogens (tertiary/aromatic N) is 1. The molecule has 5 heteroatoms. The van der Waals surface area contributed by atoms with Gasteiger partial charge in [-0.1, -0.05) is 30.3 Å². The number of rotatable bonds is 3. The van der Waals surface area contributed by atoms with E-state index in [2.05, 4.69) is 5.32 Å². The Hall–Kier alpha value is -1.07. The quantitative estimate of drug-likeness (QED) is 0.919. The van der Waals surface area contributed by atoms with Crippen molar-refractivity contribution in [3.8, 4) is 0 Å². The molecule has 112 valence electrons. The summed E-state index contributed by atoms with van der Waals surface area (Å²) in [5, 5.41) is 3.34. The van der Waals surface area contributed by atoms with Gasteiger partial charge < -0.3 is 5.32 Å². The van der Waals surface area contributed by atoms with Gasteiger partial charge in [0.05, 0.1) is 6.54 Å². The Balaban J connectivity index is 2.08. The van der Waals surface area contributed by atoms with Gasteiger partial charge in [-0.25, -0.2) is 0 Å². The van der Waals surface area contributed by atoms with Crippen LogP contribution in [0.3, 0.4) is 0 Å². The number of nitrogens with one attached hydrogen (secondary N) is 1. The summed E-state index contributed by atoms with van der Waals surface area (Å²) in [5.41, 5.74) is 0.796. The van der Waals surface area contributed by atoms with E-state index in [1.54, 1.807) is 4.90 Å². The summed E-state index contributed by atoms with van der Waals surface area (Å²) >= 11 is 0. The summed E-state index contributed by atoms with van der Waals surface area (Å²) in [6.45, 7) is 4.03. The summed E-state index contributed by atoms with van der Waals surface area (Å²) in [5.74, 6) is 0. The maximum absolute atomic E-state index is 12.7. The largest absolute Gasteiger partial charge is 0.401 e. The molecular formula is C15H21F3N2. The van der Waals surface area contributed by atoms with Gasteiger partial charge in [0.1, 0.15) is 0 Å². The molecule has 0 saturated carbocycles. The highest BCUT2D eigenvalue weighted by molar-refractivity contribution is 5.16. The van der Waals surface area contributed by atoms with E-state index in [9.17, 15) is 13.2 Å². The van der Waals surface area contributed by atoms with Crippen LogP contribution in [-0.2, 0) is 6.42 Å². The van der Waals surface area contributed by atoms with Crippen LogP contribution in [0.1, 0.15) is 19.4 Å². The summed E-state index contributed by atoms with van der Waals surface area (Å²) < 4.78 is 38.2. The monoisotopic (exact) mass is 286 g/mol. The second-order valence-corrected chi connectivity index (χ2v) is 6.13. The van der Waals surface area contributed by atoms with Crippen LogP contribution >= 0.6 is 0 Å². The van der Waals surface area contributed by atoms with E-state index in [4.69, 9.17) is 0 Å². The van der Waals surface area contributed by atoms with Crippen molar-refractivity contribution in [3.05, 3.63) is 35.9 Å². The van der Waals surface area contributed by atoms with Gasteiger partial charge >= 0.3 is 6.18 Å². The van der Waals surface area contributed by atoms with Gasteiger partial charge in [-0.15, -0.1) is 0 Å². The number of hydrogen-bond donors (Lipinski definition) is 1. The third-order valence-electron chi connectivity index (χ3n) is 3.63. The first kappa shape index (κ1) is 15.3. The van der Waals surface area contributed by atoms with Crippen molar-refractivity contribution in [1.82, 2.24) is 10.2 Å². The number of alkyl halides is 3. The van der Waals surface area contributed by atoms with Gasteiger partial charge in [0, 0.05) is 24.7 Å². The van der Waals surface area contributed by atoms with Gasteiger partial charge in [-0.05, 0) is 25.8 Å². The van der Waals surface area contributed by atoms with Gasteiger partial charge in [0.15, 0.2) is 0 Å². The molecule has 1 fully saturated rings. The molecule has 1 unspecified atom stereocenters. The molecule has 0 aromatic heterocycles. The van der Waals surface area contributed by atoms with Gasteiger partial charge in [0.25, 0.3) is 0 Å². The second-order valence-electron chi connectivity index (χ2n) is 6.13. The maximum Gasteiger partial charge on any atom is 0.401 e. The normalized spacial score (nSPS) is 23.8. The Morgan fingerprint density at radius 1 is 1.25 bits per heavy atom. The van der Waals surface area contributed by atoms with E-state index < -0.39 is 12.7 Å². The summed E-state index contributed by atoms with van der Waals surface area (Å²) in [6.07, 6.45) is -3.51. The van der Waals surface area contributed by atoms with Crippen molar-refractivity contribution >= 4 is 0 Å².